The van der Waals surface area contributed by atoms with E-state index in [1.807, 2.05) is 24.0 Å². The van der Waals surface area contributed by atoms with Crippen molar-refractivity contribution >= 4 is 5.91 Å². The Morgan fingerprint density at radius 2 is 2.00 bits per heavy atom. The summed E-state index contributed by atoms with van der Waals surface area (Å²) in [6.07, 6.45) is 8.27. The third-order valence-corrected chi connectivity index (χ3v) is 4.99. The maximum atomic E-state index is 12.5. The van der Waals surface area contributed by atoms with E-state index in [1.54, 1.807) is 7.11 Å². The van der Waals surface area contributed by atoms with Crippen molar-refractivity contribution in [1.29, 1.82) is 0 Å². The molecule has 2 N–H and O–H groups in total. The van der Waals surface area contributed by atoms with Gasteiger partial charge in [-0.2, -0.15) is 0 Å². The number of aryl methyl sites for hydroxylation is 1. The zero-order chi connectivity index (χ0) is 17.4. The predicted molar refractivity (Wildman–Crippen MR) is 98.2 cm³/mol. The van der Waals surface area contributed by atoms with Crippen LogP contribution in [0.5, 0.6) is 5.75 Å². The van der Waals surface area contributed by atoms with Gasteiger partial charge in [0.1, 0.15) is 5.75 Å². The van der Waals surface area contributed by atoms with Crippen LogP contribution in [0.2, 0.25) is 0 Å². The van der Waals surface area contributed by atoms with E-state index in [9.17, 15) is 4.79 Å². The zero-order valence-electron chi connectivity index (χ0n) is 15.2. The van der Waals surface area contributed by atoms with Crippen molar-refractivity contribution in [1.82, 2.24) is 4.90 Å². The summed E-state index contributed by atoms with van der Waals surface area (Å²) in [4.78, 5) is 14.5. The van der Waals surface area contributed by atoms with E-state index in [0.29, 0.717) is 12.3 Å². The largest absolute Gasteiger partial charge is 0.497 e. The Balaban J connectivity index is 1.66. The summed E-state index contributed by atoms with van der Waals surface area (Å²) in [6.45, 7) is 2.90. The monoisotopic (exact) mass is 332 g/mol. The maximum absolute atomic E-state index is 12.5. The molecule has 0 aliphatic carbocycles. The number of amides is 1. The molecule has 0 aromatic heterocycles. The first-order valence-electron chi connectivity index (χ1n) is 9.30. The number of unbranched alkanes of at least 4 members (excludes halogenated alkanes) is 2. The molecule has 1 heterocycles. The summed E-state index contributed by atoms with van der Waals surface area (Å²) < 4.78 is 5.17. The summed E-state index contributed by atoms with van der Waals surface area (Å²) in [5.41, 5.74) is 7.38. The predicted octanol–water partition coefficient (Wildman–Crippen LogP) is 3.53. The quantitative estimate of drug-likeness (QED) is 0.741. The Morgan fingerprint density at radius 1 is 1.25 bits per heavy atom. The number of methoxy groups -OCH3 is 1. The molecular formula is C20H32N2O2. The highest BCUT2D eigenvalue weighted by atomic mass is 16.5. The Labute approximate surface area is 146 Å². The van der Waals surface area contributed by atoms with Gasteiger partial charge in [-0.05, 0) is 63.1 Å². The number of likely N-dealkylation sites (tertiary alicyclic amines) is 1. The number of hydrogen-bond acceptors (Lipinski definition) is 3. The van der Waals surface area contributed by atoms with Gasteiger partial charge in [0.05, 0.1) is 7.11 Å². The molecule has 1 amide bonds. The van der Waals surface area contributed by atoms with Crippen LogP contribution in [0.25, 0.3) is 0 Å². The first kappa shape index (κ1) is 18.8. The average molecular weight is 332 g/mol. The van der Waals surface area contributed by atoms with Crippen molar-refractivity contribution in [3.8, 4) is 5.75 Å². The van der Waals surface area contributed by atoms with Crippen LogP contribution < -0.4 is 10.5 Å². The lowest BCUT2D eigenvalue weighted by Crippen LogP contribution is -2.51. The molecule has 1 saturated heterocycles. The van der Waals surface area contributed by atoms with E-state index in [0.717, 1.165) is 50.8 Å². The fourth-order valence-corrected chi connectivity index (χ4v) is 3.53. The van der Waals surface area contributed by atoms with Gasteiger partial charge in [-0.3, -0.25) is 4.79 Å². The molecule has 2 unspecified atom stereocenters. The molecule has 1 aliphatic heterocycles. The molecule has 4 nitrogen and oxygen atoms in total. The van der Waals surface area contributed by atoms with E-state index >= 15 is 0 Å². The molecule has 1 aromatic rings. The molecule has 1 aliphatic rings. The van der Waals surface area contributed by atoms with Crippen molar-refractivity contribution in [3.05, 3.63) is 29.8 Å². The first-order chi connectivity index (χ1) is 11.6. The van der Waals surface area contributed by atoms with Crippen molar-refractivity contribution < 1.29 is 9.53 Å². The van der Waals surface area contributed by atoms with Crippen LogP contribution >= 0.6 is 0 Å². The van der Waals surface area contributed by atoms with Gasteiger partial charge in [-0.1, -0.05) is 18.6 Å². The molecule has 4 heteroatoms. The van der Waals surface area contributed by atoms with E-state index in [4.69, 9.17) is 10.5 Å². The van der Waals surface area contributed by atoms with E-state index in [1.165, 1.54) is 12.0 Å². The number of ether oxygens (including phenoxy) is 1. The Bertz CT molecular complexity index is 499. The van der Waals surface area contributed by atoms with E-state index in [2.05, 4.69) is 12.1 Å². The number of hydrogen-bond donors (Lipinski definition) is 1. The highest BCUT2D eigenvalue weighted by Crippen LogP contribution is 2.21. The lowest BCUT2D eigenvalue weighted by molar-refractivity contribution is -0.135. The molecule has 134 valence electrons. The first-order valence-corrected chi connectivity index (χ1v) is 9.30. The summed E-state index contributed by atoms with van der Waals surface area (Å²) in [7, 11) is 1.68. The lowest BCUT2D eigenvalue weighted by atomic mass is 9.96. The fraction of sp³-hybridized carbons (Fsp3) is 0.650. The van der Waals surface area contributed by atoms with Crippen molar-refractivity contribution in [2.24, 2.45) is 5.73 Å². The number of nitrogens with two attached hydrogens (primary N) is 1. The van der Waals surface area contributed by atoms with Crippen LogP contribution in [-0.2, 0) is 11.2 Å². The summed E-state index contributed by atoms with van der Waals surface area (Å²) in [5.74, 6) is 1.19. The molecule has 1 fully saturated rings. The minimum atomic E-state index is 0.0734. The Kier molecular flexibility index (Phi) is 7.57. The van der Waals surface area contributed by atoms with Crippen LogP contribution in [0.15, 0.2) is 24.3 Å². The van der Waals surface area contributed by atoms with Gasteiger partial charge in [0, 0.05) is 25.0 Å². The summed E-state index contributed by atoms with van der Waals surface area (Å²) >= 11 is 0. The van der Waals surface area contributed by atoms with Gasteiger partial charge in [0.2, 0.25) is 5.91 Å². The highest BCUT2D eigenvalue weighted by molar-refractivity contribution is 5.76. The molecule has 0 spiro atoms. The molecule has 0 radical (unpaired) electrons. The topological polar surface area (TPSA) is 55.6 Å². The number of rotatable bonds is 8. The van der Waals surface area contributed by atoms with Gasteiger partial charge < -0.3 is 15.4 Å². The average Bonchev–Trinajstić information content (AvgIpc) is 2.61. The molecule has 0 bridgehead atoms. The van der Waals surface area contributed by atoms with Gasteiger partial charge in [-0.25, -0.2) is 0 Å². The Hall–Kier alpha value is -1.55. The second-order valence-corrected chi connectivity index (χ2v) is 6.92. The number of carbonyl (C=O) groups is 1. The second kappa shape index (κ2) is 9.67. The number of nitrogens with zero attached hydrogens (tertiary/aromatic N) is 1. The fourth-order valence-electron chi connectivity index (χ4n) is 3.53. The van der Waals surface area contributed by atoms with Crippen molar-refractivity contribution in [3.63, 3.8) is 0 Å². The molecule has 1 aromatic carbocycles. The minimum Gasteiger partial charge on any atom is -0.497 e. The third kappa shape index (κ3) is 5.52. The standard InChI is InChI=1S/C20H32N2O2/c1-16(21)19-9-6-7-15-22(19)20(23)10-5-3-4-8-17-11-13-18(24-2)14-12-17/h11-14,16,19H,3-10,15,21H2,1-2H3. The molecular weight excluding hydrogens is 300 g/mol. The highest BCUT2D eigenvalue weighted by Gasteiger charge is 2.28. The van der Waals surface area contributed by atoms with Crippen LogP contribution in [0, 0.1) is 0 Å². The SMILES string of the molecule is COc1ccc(CCCCCC(=O)N2CCCCC2C(C)N)cc1. The molecule has 24 heavy (non-hydrogen) atoms. The number of carbonyl (C=O) groups excluding carboxylic acids is 1. The lowest BCUT2D eigenvalue weighted by Gasteiger charge is -2.38. The van der Waals surface area contributed by atoms with Gasteiger partial charge in [0.15, 0.2) is 0 Å². The number of piperidine rings is 1. The maximum Gasteiger partial charge on any atom is 0.222 e. The second-order valence-electron chi connectivity index (χ2n) is 6.92. The molecule has 2 atom stereocenters. The van der Waals surface area contributed by atoms with Gasteiger partial charge in [0.25, 0.3) is 0 Å². The zero-order valence-corrected chi connectivity index (χ0v) is 15.2. The smallest absolute Gasteiger partial charge is 0.222 e. The summed E-state index contributed by atoms with van der Waals surface area (Å²) in [6, 6.07) is 8.55. The number of benzene rings is 1. The third-order valence-electron chi connectivity index (χ3n) is 4.99. The van der Waals surface area contributed by atoms with E-state index < -0.39 is 0 Å². The normalized spacial score (nSPS) is 19.1. The van der Waals surface area contributed by atoms with Crippen LogP contribution in [-0.4, -0.2) is 36.5 Å². The van der Waals surface area contributed by atoms with Gasteiger partial charge in [-0.15, -0.1) is 0 Å². The van der Waals surface area contributed by atoms with Crippen LogP contribution in [0.1, 0.15) is 57.4 Å². The minimum absolute atomic E-state index is 0.0734. The Morgan fingerprint density at radius 3 is 2.67 bits per heavy atom. The van der Waals surface area contributed by atoms with E-state index in [-0.39, 0.29) is 12.1 Å². The van der Waals surface area contributed by atoms with Crippen molar-refractivity contribution in [2.75, 3.05) is 13.7 Å². The molecule has 2 rings (SSSR count). The van der Waals surface area contributed by atoms with Crippen LogP contribution in [0.3, 0.4) is 0 Å². The van der Waals surface area contributed by atoms with Gasteiger partial charge >= 0.3 is 0 Å². The van der Waals surface area contributed by atoms with Crippen LogP contribution in [0.4, 0.5) is 0 Å². The van der Waals surface area contributed by atoms with Crippen molar-refractivity contribution in [2.45, 2.75) is 70.4 Å². The molecule has 0 saturated carbocycles. The summed E-state index contributed by atoms with van der Waals surface area (Å²) in [5, 5.41) is 0.